The summed E-state index contributed by atoms with van der Waals surface area (Å²) in [5.41, 5.74) is 3.53. The molecule has 0 bridgehead atoms. The van der Waals surface area contributed by atoms with Crippen LogP contribution in [0.3, 0.4) is 0 Å². The minimum Gasteiger partial charge on any atom is -0.490 e. The van der Waals surface area contributed by atoms with Gasteiger partial charge in [0.05, 0.1) is 32.6 Å². The highest BCUT2D eigenvalue weighted by Gasteiger charge is 2.35. The molecule has 0 aromatic heterocycles. The smallest absolute Gasteiger partial charge is 0.293 e. The van der Waals surface area contributed by atoms with Crippen molar-refractivity contribution in [1.29, 1.82) is 0 Å². The van der Waals surface area contributed by atoms with Gasteiger partial charge in [0.25, 0.3) is 11.1 Å². The third-order valence-corrected chi connectivity index (χ3v) is 7.53. The Balaban J connectivity index is 1.55. The Morgan fingerprint density at radius 3 is 2.53 bits per heavy atom. The number of ether oxygens (including phenoxy) is 2. The van der Waals surface area contributed by atoms with Gasteiger partial charge in [-0.25, -0.2) is 0 Å². The Kier molecular flexibility index (Phi) is 8.67. The molecule has 1 aliphatic heterocycles. The topological polar surface area (TPSA) is 55.8 Å². The summed E-state index contributed by atoms with van der Waals surface area (Å²) in [6.07, 6.45) is 1.69. The molecule has 1 aliphatic rings. The molecule has 0 radical (unpaired) electrons. The number of hydrogen-bond donors (Lipinski definition) is 0. The molecule has 3 aromatic carbocycles. The second kappa shape index (κ2) is 11.7. The first-order chi connectivity index (χ1) is 17.2. The van der Waals surface area contributed by atoms with Crippen LogP contribution < -0.4 is 9.47 Å². The maximum absolute atomic E-state index is 13.0. The predicted octanol–water partition coefficient (Wildman–Crippen LogP) is 8.28. The van der Waals surface area contributed by atoms with E-state index in [0.717, 1.165) is 28.5 Å². The maximum Gasteiger partial charge on any atom is 0.293 e. The highest BCUT2D eigenvalue weighted by molar-refractivity contribution is 9.10. The fraction of sp³-hybridized carbons (Fsp3) is 0.185. The molecule has 0 unspecified atom stereocenters. The van der Waals surface area contributed by atoms with Gasteiger partial charge in [0.15, 0.2) is 11.5 Å². The Bertz CT molecular complexity index is 1360. The molecule has 2 amide bonds. The lowest BCUT2D eigenvalue weighted by molar-refractivity contribution is -0.123. The third-order valence-electron chi connectivity index (χ3n) is 5.29. The number of halogens is 3. The van der Waals surface area contributed by atoms with Crippen LogP contribution in [0.25, 0.3) is 6.08 Å². The van der Waals surface area contributed by atoms with Crippen LogP contribution in [0.1, 0.15) is 29.2 Å². The lowest BCUT2D eigenvalue weighted by atomic mass is 10.1. The van der Waals surface area contributed by atoms with Crippen LogP contribution in [0.15, 0.2) is 64.0 Å². The van der Waals surface area contributed by atoms with Crippen LogP contribution in [0.2, 0.25) is 10.0 Å². The van der Waals surface area contributed by atoms with Crippen LogP contribution in [0.5, 0.6) is 11.5 Å². The molecular formula is C27H22BrCl2NO4S. The summed E-state index contributed by atoms with van der Waals surface area (Å²) in [5, 5.41) is 0.635. The molecule has 186 valence electrons. The van der Waals surface area contributed by atoms with Crippen molar-refractivity contribution in [3.8, 4) is 11.5 Å². The summed E-state index contributed by atoms with van der Waals surface area (Å²) in [6, 6.07) is 16.7. The molecule has 1 heterocycles. The lowest BCUT2D eigenvalue weighted by Gasteiger charge is -2.15. The van der Waals surface area contributed by atoms with Gasteiger partial charge >= 0.3 is 0 Å². The van der Waals surface area contributed by atoms with Crippen molar-refractivity contribution in [2.24, 2.45) is 0 Å². The van der Waals surface area contributed by atoms with Gasteiger partial charge < -0.3 is 9.47 Å². The minimum atomic E-state index is -0.319. The number of carbonyl (C=O) groups excluding carboxylic acids is 2. The van der Waals surface area contributed by atoms with Gasteiger partial charge in [-0.2, -0.15) is 0 Å². The number of thioether (sulfide) groups is 1. The molecule has 3 aromatic rings. The van der Waals surface area contributed by atoms with Crippen LogP contribution in [0.4, 0.5) is 4.79 Å². The number of carbonyl (C=O) groups is 2. The number of rotatable bonds is 8. The third kappa shape index (κ3) is 6.27. The largest absolute Gasteiger partial charge is 0.490 e. The normalized spacial score (nSPS) is 14.6. The van der Waals surface area contributed by atoms with Crippen molar-refractivity contribution < 1.29 is 19.1 Å². The number of aryl methyl sites for hydroxylation is 1. The van der Waals surface area contributed by atoms with E-state index in [1.807, 2.05) is 50.2 Å². The van der Waals surface area contributed by atoms with Gasteiger partial charge in [0, 0.05) is 0 Å². The van der Waals surface area contributed by atoms with E-state index in [1.165, 1.54) is 4.90 Å². The molecule has 4 rings (SSSR count). The Hall–Kier alpha value is -2.45. The summed E-state index contributed by atoms with van der Waals surface area (Å²) >= 11 is 16.6. The summed E-state index contributed by atoms with van der Waals surface area (Å²) in [7, 11) is 0. The first-order valence-electron chi connectivity index (χ1n) is 11.1. The number of hydrogen-bond acceptors (Lipinski definition) is 5. The number of imide groups is 1. The van der Waals surface area contributed by atoms with Gasteiger partial charge in [0.2, 0.25) is 0 Å². The van der Waals surface area contributed by atoms with Gasteiger partial charge in [-0.15, -0.1) is 0 Å². The molecule has 0 aliphatic carbocycles. The molecule has 9 heteroatoms. The summed E-state index contributed by atoms with van der Waals surface area (Å²) in [6.45, 7) is 4.76. The van der Waals surface area contributed by atoms with Gasteiger partial charge in [-0.1, -0.05) is 59.1 Å². The SMILES string of the molecule is CCOc1cc(/C=C2\SC(=O)N(Cc3cccc(C)c3)C2=O)cc(Br)c1OCc1ccc(Cl)c(Cl)c1. The molecule has 0 spiro atoms. The molecule has 36 heavy (non-hydrogen) atoms. The fourth-order valence-electron chi connectivity index (χ4n) is 3.64. The fourth-order valence-corrected chi connectivity index (χ4v) is 5.37. The monoisotopic (exact) mass is 605 g/mol. The molecule has 1 fully saturated rings. The van der Waals surface area contributed by atoms with E-state index < -0.39 is 0 Å². The van der Waals surface area contributed by atoms with Gasteiger partial charge in [0.1, 0.15) is 6.61 Å². The highest BCUT2D eigenvalue weighted by atomic mass is 79.9. The van der Waals surface area contributed by atoms with E-state index in [9.17, 15) is 9.59 Å². The first kappa shape index (κ1) is 26.6. The van der Waals surface area contributed by atoms with Crippen molar-refractivity contribution in [3.63, 3.8) is 0 Å². The molecular weight excluding hydrogens is 585 g/mol. The average Bonchev–Trinajstić information content (AvgIpc) is 3.08. The molecule has 0 N–H and O–H groups in total. The lowest BCUT2D eigenvalue weighted by Crippen LogP contribution is -2.27. The van der Waals surface area contributed by atoms with E-state index in [1.54, 1.807) is 24.3 Å². The molecule has 0 atom stereocenters. The maximum atomic E-state index is 13.0. The Labute approximate surface area is 232 Å². The average molecular weight is 607 g/mol. The summed E-state index contributed by atoms with van der Waals surface area (Å²) in [4.78, 5) is 27.2. The minimum absolute atomic E-state index is 0.235. The zero-order valence-corrected chi connectivity index (χ0v) is 23.4. The second-order valence-electron chi connectivity index (χ2n) is 8.06. The van der Waals surface area contributed by atoms with E-state index in [0.29, 0.717) is 43.1 Å². The quantitative estimate of drug-likeness (QED) is 0.241. The van der Waals surface area contributed by atoms with E-state index >= 15 is 0 Å². The van der Waals surface area contributed by atoms with Crippen molar-refractivity contribution in [3.05, 3.63) is 96.3 Å². The first-order valence-corrected chi connectivity index (χ1v) is 13.5. The van der Waals surface area contributed by atoms with Gasteiger partial charge in [-0.3, -0.25) is 14.5 Å². The second-order valence-corrected chi connectivity index (χ2v) is 10.7. The van der Waals surface area contributed by atoms with Crippen LogP contribution in [-0.4, -0.2) is 22.7 Å². The van der Waals surface area contributed by atoms with E-state index in [-0.39, 0.29) is 24.3 Å². The molecule has 5 nitrogen and oxygen atoms in total. The number of nitrogens with zero attached hydrogens (tertiary/aromatic N) is 1. The molecule has 1 saturated heterocycles. The van der Waals surface area contributed by atoms with Crippen molar-refractivity contribution in [2.45, 2.75) is 27.0 Å². The highest BCUT2D eigenvalue weighted by Crippen LogP contribution is 2.40. The zero-order chi connectivity index (χ0) is 25.8. The Morgan fingerprint density at radius 1 is 1.00 bits per heavy atom. The van der Waals surface area contributed by atoms with Crippen molar-refractivity contribution >= 4 is 68.1 Å². The standard InChI is InChI=1S/C27H22BrCl2NO4S/c1-3-34-23-12-19(10-20(28)25(23)35-15-18-7-8-21(29)22(30)11-18)13-24-26(32)31(27(33)36-24)14-17-6-4-5-16(2)9-17/h4-13H,3,14-15H2,1-2H3/b24-13-. The summed E-state index contributed by atoms with van der Waals surface area (Å²) < 4.78 is 12.5. The Morgan fingerprint density at radius 2 is 1.81 bits per heavy atom. The van der Waals surface area contributed by atoms with Crippen LogP contribution in [-0.2, 0) is 17.9 Å². The predicted molar refractivity (Wildman–Crippen MR) is 149 cm³/mol. The number of amides is 2. The van der Waals surface area contributed by atoms with Gasteiger partial charge in [-0.05, 0) is 88.6 Å². The van der Waals surface area contributed by atoms with Crippen molar-refractivity contribution in [1.82, 2.24) is 4.90 Å². The van der Waals surface area contributed by atoms with Crippen LogP contribution in [0, 0.1) is 6.92 Å². The summed E-state index contributed by atoms with van der Waals surface area (Å²) in [5.74, 6) is 0.713. The molecule has 0 saturated carbocycles. The van der Waals surface area contributed by atoms with Crippen LogP contribution >= 0.6 is 50.9 Å². The van der Waals surface area contributed by atoms with Crippen molar-refractivity contribution in [2.75, 3.05) is 6.61 Å². The zero-order valence-electron chi connectivity index (χ0n) is 19.5. The number of benzene rings is 3. The van der Waals surface area contributed by atoms with E-state index in [2.05, 4.69) is 15.9 Å². The van der Waals surface area contributed by atoms with E-state index in [4.69, 9.17) is 32.7 Å².